The van der Waals surface area contributed by atoms with Crippen LogP contribution in [0.5, 0.6) is 0 Å². The molecule has 80 valence electrons. The van der Waals surface area contributed by atoms with E-state index in [9.17, 15) is 4.79 Å². The first kappa shape index (κ1) is 9.46. The zero-order chi connectivity index (χ0) is 10.6. The molecule has 0 radical (unpaired) electrons. The lowest BCUT2D eigenvalue weighted by Gasteiger charge is -2.29. The van der Waals surface area contributed by atoms with E-state index in [1.54, 1.807) is 0 Å². The molecule has 1 fully saturated rings. The van der Waals surface area contributed by atoms with E-state index in [0.717, 1.165) is 35.4 Å². The highest BCUT2D eigenvalue weighted by atomic mass is 79.9. The first-order valence-electron chi connectivity index (χ1n) is 5.25. The summed E-state index contributed by atoms with van der Waals surface area (Å²) in [7, 11) is 0. The molecule has 1 aliphatic carbocycles. The van der Waals surface area contributed by atoms with Crippen molar-refractivity contribution in [2.45, 2.75) is 38.3 Å². The number of fused-ring (bicyclic) bond motifs is 1. The van der Waals surface area contributed by atoms with Gasteiger partial charge in [-0.05, 0) is 41.8 Å². The number of carbonyl (C=O) groups is 1. The molecule has 0 saturated heterocycles. The highest BCUT2D eigenvalue weighted by molar-refractivity contribution is 9.10. The third-order valence-corrected chi connectivity index (χ3v) is 3.58. The van der Waals surface area contributed by atoms with Gasteiger partial charge in [0, 0.05) is 18.2 Å². The van der Waals surface area contributed by atoms with Crippen molar-refractivity contribution in [3.05, 3.63) is 22.1 Å². The van der Waals surface area contributed by atoms with Gasteiger partial charge in [0.1, 0.15) is 5.76 Å². The largest absolute Gasteiger partial charge is 0.453 e. The molecule has 15 heavy (non-hydrogen) atoms. The molecular weight excluding hydrogens is 258 g/mol. The normalized spacial score (nSPS) is 25.6. The average molecular weight is 270 g/mol. The smallest absolute Gasteiger partial charge is 0.233 e. The van der Waals surface area contributed by atoms with Crippen LogP contribution in [0, 0.1) is 0 Å². The number of furan rings is 1. The lowest BCUT2D eigenvalue weighted by atomic mass is 9.98. The first-order valence-corrected chi connectivity index (χ1v) is 6.04. The van der Waals surface area contributed by atoms with Crippen molar-refractivity contribution < 1.29 is 9.21 Å². The van der Waals surface area contributed by atoms with Crippen LogP contribution in [0.25, 0.3) is 0 Å². The maximum atomic E-state index is 12.0. The molecule has 3 rings (SSSR count). The van der Waals surface area contributed by atoms with Gasteiger partial charge in [-0.3, -0.25) is 4.79 Å². The van der Waals surface area contributed by atoms with Gasteiger partial charge in [-0.1, -0.05) is 0 Å². The minimum absolute atomic E-state index is 0.124. The van der Waals surface area contributed by atoms with Crippen molar-refractivity contribution in [3.8, 4) is 0 Å². The second kappa shape index (κ2) is 3.11. The molecule has 1 aromatic rings. The van der Waals surface area contributed by atoms with Crippen LogP contribution in [-0.4, -0.2) is 16.8 Å². The van der Waals surface area contributed by atoms with Crippen molar-refractivity contribution in [3.63, 3.8) is 0 Å². The fourth-order valence-electron chi connectivity index (χ4n) is 2.22. The minimum Gasteiger partial charge on any atom is -0.453 e. The van der Waals surface area contributed by atoms with Crippen molar-refractivity contribution in [1.29, 1.82) is 0 Å². The Morgan fingerprint density at radius 2 is 2.27 bits per heavy atom. The van der Waals surface area contributed by atoms with Crippen LogP contribution in [0.4, 0.5) is 0 Å². The molecule has 1 aromatic heterocycles. The summed E-state index contributed by atoms with van der Waals surface area (Å²) in [6.07, 6.45) is 2.32. The number of hydrogen-bond donors (Lipinski definition) is 0. The molecule has 2 aliphatic rings. The van der Waals surface area contributed by atoms with E-state index in [4.69, 9.17) is 4.42 Å². The Morgan fingerprint density at radius 1 is 1.53 bits per heavy atom. The van der Waals surface area contributed by atoms with Crippen molar-refractivity contribution in [2.75, 3.05) is 0 Å². The molecular formula is C11H12BrNO2. The van der Waals surface area contributed by atoms with E-state index in [2.05, 4.69) is 15.9 Å². The summed E-state index contributed by atoms with van der Waals surface area (Å²) in [6.45, 7) is 2.64. The molecule has 1 saturated carbocycles. The van der Waals surface area contributed by atoms with Gasteiger partial charge >= 0.3 is 0 Å². The minimum atomic E-state index is -0.124. The predicted molar refractivity (Wildman–Crippen MR) is 58.4 cm³/mol. The van der Waals surface area contributed by atoms with Gasteiger partial charge in [0.25, 0.3) is 0 Å². The molecule has 2 heterocycles. The van der Waals surface area contributed by atoms with E-state index < -0.39 is 0 Å². The van der Waals surface area contributed by atoms with Gasteiger partial charge < -0.3 is 9.32 Å². The summed E-state index contributed by atoms with van der Waals surface area (Å²) in [5.74, 6) is 0.927. The van der Waals surface area contributed by atoms with Gasteiger partial charge in [0.15, 0.2) is 4.67 Å². The van der Waals surface area contributed by atoms with E-state index >= 15 is 0 Å². The Balaban J connectivity index is 2.00. The highest BCUT2D eigenvalue weighted by Crippen LogP contribution is 2.38. The van der Waals surface area contributed by atoms with Crippen LogP contribution >= 0.6 is 15.9 Å². The number of amides is 1. The zero-order valence-corrected chi connectivity index (χ0v) is 10.1. The molecule has 1 amide bonds. The summed E-state index contributed by atoms with van der Waals surface area (Å²) in [5, 5.41) is 0. The lowest BCUT2D eigenvalue weighted by molar-refractivity contribution is -0.135. The van der Waals surface area contributed by atoms with Gasteiger partial charge in [-0.25, -0.2) is 0 Å². The van der Waals surface area contributed by atoms with Crippen molar-refractivity contribution in [1.82, 2.24) is 4.90 Å². The zero-order valence-electron chi connectivity index (χ0n) is 8.50. The lowest BCUT2D eigenvalue weighted by Crippen LogP contribution is -2.39. The number of carbonyl (C=O) groups excluding carboxylic acids is 1. The summed E-state index contributed by atoms with van der Waals surface area (Å²) >= 11 is 3.32. The molecule has 0 N–H and O–H groups in total. The fraction of sp³-hybridized carbons (Fsp3) is 0.545. The van der Waals surface area contributed by atoms with E-state index in [0.29, 0.717) is 6.04 Å². The summed E-state index contributed by atoms with van der Waals surface area (Å²) < 4.78 is 6.23. The summed E-state index contributed by atoms with van der Waals surface area (Å²) in [6, 6.07) is 2.47. The van der Waals surface area contributed by atoms with Crippen LogP contribution < -0.4 is 0 Å². The molecule has 0 spiro atoms. The molecule has 1 atom stereocenters. The average Bonchev–Trinajstić information content (AvgIpc) is 2.96. The Bertz CT molecular complexity index is 422. The predicted octanol–water partition coefficient (Wildman–Crippen LogP) is 2.65. The number of halogens is 1. The Hall–Kier alpha value is -0.770. The van der Waals surface area contributed by atoms with Crippen LogP contribution in [0.3, 0.4) is 0 Å². The molecule has 1 aliphatic heterocycles. The number of rotatable bonds is 1. The van der Waals surface area contributed by atoms with E-state index in [1.165, 1.54) is 0 Å². The van der Waals surface area contributed by atoms with E-state index in [1.807, 2.05) is 17.9 Å². The standard InChI is InChI=1S/C11H12BrNO2/c1-6-10-7(4-9(12)15-10)5-13(11(6)14)8-2-3-8/h4,6,8H,2-3,5H2,1H3. The maximum Gasteiger partial charge on any atom is 0.233 e. The molecule has 0 bridgehead atoms. The van der Waals surface area contributed by atoms with Crippen molar-refractivity contribution >= 4 is 21.8 Å². The van der Waals surface area contributed by atoms with Crippen LogP contribution in [0.15, 0.2) is 15.2 Å². The third-order valence-electron chi connectivity index (χ3n) is 3.19. The van der Waals surface area contributed by atoms with Gasteiger partial charge in [-0.2, -0.15) is 0 Å². The van der Waals surface area contributed by atoms with Gasteiger partial charge in [0.05, 0.1) is 5.92 Å². The molecule has 4 heteroatoms. The highest BCUT2D eigenvalue weighted by Gasteiger charge is 2.40. The maximum absolute atomic E-state index is 12.0. The molecule has 0 aromatic carbocycles. The van der Waals surface area contributed by atoms with Gasteiger partial charge in [0.2, 0.25) is 5.91 Å². The second-order valence-electron chi connectivity index (χ2n) is 4.36. The third kappa shape index (κ3) is 1.42. The van der Waals surface area contributed by atoms with Crippen LogP contribution in [-0.2, 0) is 11.3 Å². The number of nitrogens with zero attached hydrogens (tertiary/aromatic N) is 1. The summed E-state index contributed by atoms with van der Waals surface area (Å²) in [4.78, 5) is 14.0. The fourth-order valence-corrected chi connectivity index (χ4v) is 2.67. The van der Waals surface area contributed by atoms with E-state index in [-0.39, 0.29) is 11.8 Å². The van der Waals surface area contributed by atoms with Gasteiger partial charge in [-0.15, -0.1) is 0 Å². The van der Waals surface area contributed by atoms with Crippen LogP contribution in [0.1, 0.15) is 37.0 Å². The quantitative estimate of drug-likeness (QED) is 0.786. The Kier molecular flexibility index (Phi) is 1.96. The topological polar surface area (TPSA) is 33.5 Å². The second-order valence-corrected chi connectivity index (χ2v) is 5.14. The number of hydrogen-bond acceptors (Lipinski definition) is 2. The SMILES string of the molecule is CC1C(=O)N(C2CC2)Cc2cc(Br)oc21. The molecule has 3 nitrogen and oxygen atoms in total. The Labute approximate surface area is 96.6 Å². The molecule has 1 unspecified atom stereocenters. The van der Waals surface area contributed by atoms with Crippen LogP contribution in [0.2, 0.25) is 0 Å². The first-order chi connectivity index (χ1) is 7.16. The monoisotopic (exact) mass is 269 g/mol. The summed E-state index contributed by atoms with van der Waals surface area (Å²) in [5.41, 5.74) is 1.15. The van der Waals surface area contributed by atoms with Crippen molar-refractivity contribution in [2.24, 2.45) is 0 Å². The Morgan fingerprint density at radius 3 is 2.93 bits per heavy atom.